The Morgan fingerprint density at radius 3 is 2.27 bits per heavy atom. The van der Waals surface area contributed by atoms with Gasteiger partial charge in [0.15, 0.2) is 0 Å². The lowest BCUT2D eigenvalue weighted by atomic mass is 9.81. The molecule has 2 aromatic heterocycles. The molecule has 1 unspecified atom stereocenters. The van der Waals surface area contributed by atoms with Crippen molar-refractivity contribution in [2.45, 2.75) is 25.2 Å². The monoisotopic (exact) mass is 644 g/mol. The zero-order valence-corrected chi connectivity index (χ0v) is 27.8. The molecule has 10 rings (SSSR count). The third-order valence-corrected chi connectivity index (χ3v) is 11.6. The van der Waals surface area contributed by atoms with Gasteiger partial charge in [-0.3, -0.25) is 4.98 Å². The molecule has 0 bridgehead atoms. The topological polar surface area (TPSA) is 25.8 Å². The van der Waals surface area contributed by atoms with Gasteiger partial charge in [-0.05, 0) is 81.8 Å². The summed E-state index contributed by atoms with van der Waals surface area (Å²) in [6.07, 6.45) is 14.4. The first-order chi connectivity index (χ1) is 24.3. The minimum atomic E-state index is 0.315. The van der Waals surface area contributed by atoms with Crippen molar-refractivity contribution in [2.24, 2.45) is 0 Å². The molecule has 49 heavy (non-hydrogen) atoms. The van der Waals surface area contributed by atoms with Crippen molar-refractivity contribution in [1.29, 1.82) is 0 Å². The molecule has 0 saturated heterocycles. The van der Waals surface area contributed by atoms with Crippen LogP contribution in [0.2, 0.25) is 0 Å². The summed E-state index contributed by atoms with van der Waals surface area (Å²) in [5.74, 6) is 0.315. The largest absolute Gasteiger partial charge is 0.252 e. The molecule has 0 amide bonds. The van der Waals surface area contributed by atoms with Gasteiger partial charge < -0.3 is 0 Å². The zero-order valence-electron chi connectivity index (χ0n) is 26.9. The molecule has 0 radical (unpaired) electrons. The Balaban J connectivity index is 1.16. The standard InChI is InChI=1S/C46H32N2S/c1-3-11-29(12-4-1)31-19-22-37-39(25-31)40-26-32(30-13-5-2-6-14-30)20-23-38(40)46-45(37)47-28-42(48-46)35-16-8-7-15-34(35)33-21-24-44-41(27-33)36-17-9-10-18-43(36)49-44/h1-9,11-17,19-24,26-28,31H,10,18,25H2. The SMILES string of the molecule is C1=Cc2c(sc3ccc(-c4ccccc4-c4cnc5c6c(c7cc(-c8ccccc8)ccc7c5n4)CC(c4ccccc4)C=C6)cc23)CC1. The lowest BCUT2D eigenvalue weighted by Crippen LogP contribution is -2.08. The van der Waals surface area contributed by atoms with Crippen LogP contribution in [0.4, 0.5) is 0 Å². The Kier molecular flexibility index (Phi) is 6.66. The highest BCUT2D eigenvalue weighted by atomic mass is 32.1. The minimum Gasteiger partial charge on any atom is -0.252 e. The second-order valence-electron chi connectivity index (χ2n) is 13.2. The summed E-state index contributed by atoms with van der Waals surface area (Å²) < 4.78 is 1.36. The fourth-order valence-electron chi connectivity index (χ4n) is 7.91. The number of fused-ring (bicyclic) bond motifs is 9. The maximum absolute atomic E-state index is 5.46. The number of allylic oxidation sites excluding steroid dienone is 2. The third kappa shape index (κ3) is 4.76. The number of nitrogens with zero attached hydrogens (tertiary/aromatic N) is 2. The predicted octanol–water partition coefficient (Wildman–Crippen LogP) is 12.3. The summed E-state index contributed by atoms with van der Waals surface area (Å²) >= 11 is 1.94. The van der Waals surface area contributed by atoms with E-state index in [-0.39, 0.29) is 0 Å². The van der Waals surface area contributed by atoms with Gasteiger partial charge in [0.2, 0.25) is 0 Å². The molecular weight excluding hydrogens is 613 g/mol. The molecular formula is C46H32N2S. The Morgan fingerprint density at radius 2 is 1.39 bits per heavy atom. The average Bonchev–Trinajstić information content (AvgIpc) is 3.56. The van der Waals surface area contributed by atoms with Crippen LogP contribution < -0.4 is 0 Å². The van der Waals surface area contributed by atoms with Crippen LogP contribution in [0.15, 0.2) is 140 Å². The number of hydrogen-bond acceptors (Lipinski definition) is 3. The normalized spacial score (nSPS) is 15.1. The number of benzene rings is 6. The molecule has 3 heteroatoms. The van der Waals surface area contributed by atoms with Crippen LogP contribution in [0.1, 0.15) is 39.5 Å². The van der Waals surface area contributed by atoms with E-state index in [1.165, 1.54) is 64.9 Å². The average molecular weight is 645 g/mol. The molecule has 2 heterocycles. The molecule has 0 N–H and O–H groups in total. The number of thiophene rings is 1. The van der Waals surface area contributed by atoms with E-state index in [1.54, 1.807) is 0 Å². The Bertz CT molecular complexity index is 2630. The van der Waals surface area contributed by atoms with E-state index >= 15 is 0 Å². The smallest absolute Gasteiger partial charge is 0.0979 e. The van der Waals surface area contributed by atoms with Gasteiger partial charge in [0, 0.05) is 37.4 Å². The Labute approximate surface area is 289 Å². The second kappa shape index (κ2) is 11.5. The first-order valence-electron chi connectivity index (χ1n) is 17.1. The van der Waals surface area contributed by atoms with Crippen LogP contribution in [0.5, 0.6) is 0 Å². The van der Waals surface area contributed by atoms with Gasteiger partial charge in [0.25, 0.3) is 0 Å². The first kappa shape index (κ1) is 28.4. The highest BCUT2D eigenvalue weighted by molar-refractivity contribution is 7.19. The van der Waals surface area contributed by atoms with E-state index in [0.717, 1.165) is 46.9 Å². The van der Waals surface area contributed by atoms with E-state index in [2.05, 4.69) is 146 Å². The summed E-state index contributed by atoms with van der Waals surface area (Å²) in [7, 11) is 0. The molecule has 232 valence electrons. The highest BCUT2D eigenvalue weighted by Gasteiger charge is 2.23. The van der Waals surface area contributed by atoms with Crippen molar-refractivity contribution in [3.63, 3.8) is 0 Å². The van der Waals surface area contributed by atoms with Crippen LogP contribution in [-0.4, -0.2) is 9.97 Å². The van der Waals surface area contributed by atoms with Crippen molar-refractivity contribution in [2.75, 3.05) is 0 Å². The fourth-order valence-corrected chi connectivity index (χ4v) is 9.10. The van der Waals surface area contributed by atoms with Crippen LogP contribution in [-0.2, 0) is 12.8 Å². The summed E-state index contributed by atoms with van der Waals surface area (Å²) in [5, 5.41) is 3.76. The van der Waals surface area contributed by atoms with Crippen molar-refractivity contribution in [3.8, 4) is 33.5 Å². The molecule has 0 fully saturated rings. The Hall–Kier alpha value is -5.64. The summed E-state index contributed by atoms with van der Waals surface area (Å²) in [6, 6.07) is 44.0. The van der Waals surface area contributed by atoms with Crippen LogP contribution in [0.25, 0.3) is 77.6 Å². The molecule has 6 aromatic carbocycles. The van der Waals surface area contributed by atoms with Crippen LogP contribution in [0.3, 0.4) is 0 Å². The molecule has 2 nitrogen and oxygen atoms in total. The minimum absolute atomic E-state index is 0.315. The van der Waals surface area contributed by atoms with E-state index in [0.29, 0.717) is 5.92 Å². The molecule has 8 aromatic rings. The van der Waals surface area contributed by atoms with E-state index in [9.17, 15) is 0 Å². The number of hydrogen-bond donors (Lipinski definition) is 0. The van der Waals surface area contributed by atoms with Gasteiger partial charge in [0.1, 0.15) is 0 Å². The Morgan fingerprint density at radius 1 is 0.612 bits per heavy atom. The van der Waals surface area contributed by atoms with E-state index < -0.39 is 0 Å². The summed E-state index contributed by atoms with van der Waals surface area (Å²) in [5.41, 5.74) is 14.0. The van der Waals surface area contributed by atoms with Crippen molar-refractivity contribution in [1.82, 2.24) is 9.97 Å². The van der Waals surface area contributed by atoms with Gasteiger partial charge in [-0.15, -0.1) is 11.3 Å². The maximum atomic E-state index is 5.46. The zero-order chi connectivity index (χ0) is 32.3. The van der Waals surface area contributed by atoms with Gasteiger partial charge in [0.05, 0.1) is 22.9 Å². The van der Waals surface area contributed by atoms with Crippen LogP contribution >= 0.6 is 11.3 Å². The first-order valence-corrected chi connectivity index (χ1v) is 18.0. The van der Waals surface area contributed by atoms with Crippen LogP contribution in [0, 0.1) is 0 Å². The number of aromatic nitrogens is 2. The molecule has 0 aliphatic heterocycles. The second-order valence-corrected chi connectivity index (χ2v) is 14.3. The van der Waals surface area contributed by atoms with Gasteiger partial charge in [-0.1, -0.05) is 127 Å². The lowest BCUT2D eigenvalue weighted by molar-refractivity contribution is 0.834. The molecule has 2 aliphatic rings. The molecule has 0 saturated carbocycles. The van der Waals surface area contributed by atoms with E-state index in [4.69, 9.17) is 9.97 Å². The van der Waals surface area contributed by atoms with Gasteiger partial charge in [-0.25, -0.2) is 4.98 Å². The van der Waals surface area contributed by atoms with Crippen molar-refractivity contribution >= 4 is 55.4 Å². The van der Waals surface area contributed by atoms with Crippen molar-refractivity contribution < 1.29 is 0 Å². The van der Waals surface area contributed by atoms with Gasteiger partial charge in [-0.2, -0.15) is 0 Å². The quantitative estimate of drug-likeness (QED) is 0.178. The number of aryl methyl sites for hydroxylation is 1. The molecule has 0 spiro atoms. The van der Waals surface area contributed by atoms with E-state index in [1.807, 2.05) is 17.5 Å². The molecule has 1 atom stereocenters. The summed E-state index contributed by atoms with van der Waals surface area (Å²) in [4.78, 5) is 12.2. The van der Waals surface area contributed by atoms with Crippen molar-refractivity contribution in [3.05, 3.63) is 167 Å². The highest BCUT2D eigenvalue weighted by Crippen LogP contribution is 2.43. The fraction of sp³-hybridized carbons (Fsp3) is 0.0870. The lowest BCUT2D eigenvalue weighted by Gasteiger charge is -2.23. The third-order valence-electron chi connectivity index (χ3n) is 10.3. The number of rotatable bonds is 4. The predicted molar refractivity (Wildman–Crippen MR) is 208 cm³/mol. The molecule has 2 aliphatic carbocycles. The summed E-state index contributed by atoms with van der Waals surface area (Å²) in [6.45, 7) is 0. The maximum Gasteiger partial charge on any atom is 0.0979 e. The van der Waals surface area contributed by atoms with Gasteiger partial charge >= 0.3 is 0 Å².